The van der Waals surface area contributed by atoms with Crippen LogP contribution in [0.2, 0.25) is 5.04 Å². The Labute approximate surface area is 218 Å². The van der Waals surface area contributed by atoms with Crippen molar-refractivity contribution in [2.45, 2.75) is 39.2 Å². The van der Waals surface area contributed by atoms with Crippen molar-refractivity contribution in [3.05, 3.63) is 129 Å². The number of aromatic nitrogens is 1. The van der Waals surface area contributed by atoms with Crippen molar-refractivity contribution in [1.82, 2.24) is 4.57 Å². The van der Waals surface area contributed by atoms with Gasteiger partial charge in [0.05, 0.1) is 10.6 Å². The van der Waals surface area contributed by atoms with Crippen LogP contribution in [0.5, 0.6) is 0 Å². The molecule has 3 aromatic carbocycles. The lowest BCUT2D eigenvalue weighted by atomic mass is 10.1. The Kier molecular flexibility index (Phi) is 7.57. The summed E-state index contributed by atoms with van der Waals surface area (Å²) >= 11 is 0. The smallest absolute Gasteiger partial charge is 0.269 e. The van der Waals surface area contributed by atoms with E-state index in [9.17, 15) is 14.9 Å². The van der Waals surface area contributed by atoms with Gasteiger partial charge in [0.15, 0.2) is 0 Å². The molecule has 0 N–H and O–H groups in total. The molecule has 4 rings (SSSR count). The number of nitro benzene ring substituents is 1. The highest BCUT2D eigenvalue weighted by Gasteiger charge is 2.50. The minimum atomic E-state index is -2.70. The summed E-state index contributed by atoms with van der Waals surface area (Å²) in [6, 6.07) is 29.0. The van der Waals surface area contributed by atoms with E-state index in [0.717, 1.165) is 0 Å². The minimum Gasteiger partial charge on any atom is -0.407 e. The van der Waals surface area contributed by atoms with E-state index in [2.05, 4.69) is 69.3 Å². The molecule has 0 bridgehead atoms. The Bertz CT molecular complexity index is 1400. The zero-order valence-electron chi connectivity index (χ0n) is 21.7. The molecule has 37 heavy (non-hydrogen) atoms. The van der Waals surface area contributed by atoms with Gasteiger partial charge in [0.2, 0.25) is 0 Å². The Morgan fingerprint density at radius 2 is 1.49 bits per heavy atom. The van der Waals surface area contributed by atoms with Crippen LogP contribution in [0.4, 0.5) is 5.69 Å². The number of hydrogen-bond donors (Lipinski definition) is 0. The summed E-state index contributed by atoms with van der Waals surface area (Å²) in [5.74, 6) is 0. The van der Waals surface area contributed by atoms with Crippen molar-refractivity contribution < 1.29 is 9.35 Å². The molecule has 0 unspecified atom stereocenters. The van der Waals surface area contributed by atoms with Crippen molar-refractivity contribution in [1.29, 1.82) is 0 Å². The van der Waals surface area contributed by atoms with Gasteiger partial charge in [-0.05, 0) is 46.5 Å². The fourth-order valence-corrected chi connectivity index (χ4v) is 9.58. The van der Waals surface area contributed by atoms with E-state index < -0.39 is 13.2 Å². The van der Waals surface area contributed by atoms with Gasteiger partial charge < -0.3 is 4.43 Å². The molecule has 0 spiro atoms. The lowest BCUT2D eigenvalue weighted by Gasteiger charge is -2.43. The first-order valence-electron chi connectivity index (χ1n) is 12.4. The van der Waals surface area contributed by atoms with Gasteiger partial charge in [-0.15, -0.1) is 0 Å². The predicted octanol–water partition coefficient (Wildman–Crippen LogP) is 5.17. The zero-order valence-corrected chi connectivity index (χ0v) is 22.7. The van der Waals surface area contributed by atoms with Crippen molar-refractivity contribution in [3.8, 4) is 5.69 Å². The predicted molar refractivity (Wildman–Crippen MR) is 151 cm³/mol. The van der Waals surface area contributed by atoms with Crippen LogP contribution in [0.1, 0.15) is 31.9 Å². The summed E-state index contributed by atoms with van der Waals surface area (Å²) in [6.45, 7) is 8.85. The molecular formula is C30H32N2O4Si. The normalized spacial score (nSPS) is 11.9. The summed E-state index contributed by atoms with van der Waals surface area (Å²) in [6.07, 6.45) is 2.15. The lowest BCUT2D eigenvalue weighted by molar-refractivity contribution is -0.384. The molecule has 0 saturated carbocycles. The van der Waals surface area contributed by atoms with Crippen LogP contribution in [0, 0.1) is 17.0 Å². The van der Waals surface area contributed by atoms with Crippen LogP contribution in [0.15, 0.2) is 102 Å². The van der Waals surface area contributed by atoms with Gasteiger partial charge in [0, 0.05) is 30.5 Å². The summed E-state index contributed by atoms with van der Waals surface area (Å²) < 4.78 is 8.51. The third-order valence-corrected chi connectivity index (χ3v) is 11.8. The van der Waals surface area contributed by atoms with E-state index in [-0.39, 0.29) is 16.3 Å². The molecule has 0 saturated heterocycles. The summed E-state index contributed by atoms with van der Waals surface area (Å²) in [5.41, 5.74) is 1.79. The minimum absolute atomic E-state index is 0.00385. The SMILES string of the molecule is Cc1cc([N+](=O)[O-])ccc1-n1cccc(CCO[Si](c2ccccc2)(c2ccccc2)C(C)(C)C)c1=O. The van der Waals surface area contributed by atoms with Gasteiger partial charge in [0.1, 0.15) is 0 Å². The number of nitrogens with zero attached hydrogens (tertiary/aromatic N) is 2. The van der Waals surface area contributed by atoms with E-state index in [1.165, 1.54) is 22.5 Å². The molecular weight excluding hydrogens is 480 g/mol. The van der Waals surface area contributed by atoms with Crippen molar-refractivity contribution >= 4 is 24.4 Å². The van der Waals surface area contributed by atoms with Crippen LogP contribution >= 0.6 is 0 Å². The number of benzene rings is 3. The average molecular weight is 513 g/mol. The third-order valence-electron chi connectivity index (χ3n) is 6.78. The molecule has 0 aliphatic rings. The van der Waals surface area contributed by atoms with E-state index in [4.69, 9.17) is 4.43 Å². The summed E-state index contributed by atoms with van der Waals surface area (Å²) in [5, 5.41) is 13.4. The molecule has 0 aliphatic carbocycles. The van der Waals surface area contributed by atoms with Crippen LogP contribution in [-0.2, 0) is 10.8 Å². The lowest BCUT2D eigenvalue weighted by Crippen LogP contribution is -2.66. The fourth-order valence-electron chi connectivity index (χ4n) is 5.02. The molecule has 190 valence electrons. The van der Waals surface area contributed by atoms with E-state index in [1.807, 2.05) is 24.3 Å². The summed E-state index contributed by atoms with van der Waals surface area (Å²) in [4.78, 5) is 24.1. The van der Waals surface area contributed by atoms with Crippen molar-refractivity contribution in [2.24, 2.45) is 0 Å². The number of pyridine rings is 1. The molecule has 4 aromatic rings. The number of hydrogen-bond acceptors (Lipinski definition) is 4. The van der Waals surface area contributed by atoms with E-state index in [0.29, 0.717) is 29.8 Å². The van der Waals surface area contributed by atoms with E-state index >= 15 is 0 Å². The van der Waals surface area contributed by atoms with Gasteiger partial charge in [-0.1, -0.05) is 87.5 Å². The molecule has 7 heteroatoms. The molecule has 0 aliphatic heterocycles. The highest BCUT2D eigenvalue weighted by Crippen LogP contribution is 2.36. The monoisotopic (exact) mass is 512 g/mol. The first-order chi connectivity index (χ1) is 17.6. The molecule has 6 nitrogen and oxygen atoms in total. The van der Waals surface area contributed by atoms with Gasteiger partial charge in [-0.2, -0.15) is 0 Å². The first-order valence-corrected chi connectivity index (χ1v) is 14.3. The largest absolute Gasteiger partial charge is 0.407 e. The topological polar surface area (TPSA) is 74.4 Å². The summed E-state index contributed by atoms with van der Waals surface area (Å²) in [7, 11) is -2.70. The van der Waals surface area contributed by atoms with Crippen molar-refractivity contribution in [2.75, 3.05) is 6.61 Å². The Morgan fingerprint density at radius 1 is 0.892 bits per heavy atom. The molecule has 1 heterocycles. The Morgan fingerprint density at radius 3 is 2.00 bits per heavy atom. The van der Waals surface area contributed by atoms with Crippen molar-refractivity contribution in [3.63, 3.8) is 0 Å². The standard InChI is InChI=1S/C30H32N2O4Si/c1-23-22-25(32(34)35)17-18-28(23)31-20-11-12-24(29(31)33)19-21-36-37(30(2,3)4,26-13-7-5-8-14-26)27-15-9-6-10-16-27/h5-18,20,22H,19,21H2,1-4H3. The highest BCUT2D eigenvalue weighted by atomic mass is 28.4. The fraction of sp³-hybridized carbons (Fsp3) is 0.233. The van der Waals surface area contributed by atoms with Crippen LogP contribution in [0.25, 0.3) is 5.69 Å². The highest BCUT2D eigenvalue weighted by molar-refractivity contribution is 6.99. The van der Waals surface area contributed by atoms with Crippen LogP contribution in [0.3, 0.4) is 0 Å². The zero-order chi connectivity index (χ0) is 26.6. The van der Waals surface area contributed by atoms with Gasteiger partial charge >= 0.3 is 0 Å². The maximum Gasteiger partial charge on any atom is 0.269 e. The first kappa shape index (κ1) is 26.3. The molecule has 1 aromatic heterocycles. The molecule has 0 fully saturated rings. The quantitative estimate of drug-likeness (QED) is 0.185. The number of nitro groups is 1. The van der Waals surface area contributed by atoms with Gasteiger partial charge in [-0.25, -0.2) is 0 Å². The average Bonchev–Trinajstić information content (AvgIpc) is 2.88. The number of non-ortho nitro benzene ring substituents is 1. The van der Waals surface area contributed by atoms with Gasteiger partial charge in [-0.3, -0.25) is 19.5 Å². The second-order valence-electron chi connectivity index (χ2n) is 10.2. The Hall–Kier alpha value is -3.81. The number of rotatable bonds is 8. The molecule has 0 radical (unpaired) electrons. The van der Waals surface area contributed by atoms with Crippen LogP contribution in [-0.4, -0.2) is 24.4 Å². The molecule has 0 amide bonds. The maximum absolute atomic E-state index is 13.4. The van der Waals surface area contributed by atoms with Gasteiger partial charge in [0.25, 0.3) is 19.6 Å². The second-order valence-corrected chi connectivity index (χ2v) is 14.5. The van der Waals surface area contributed by atoms with Crippen LogP contribution < -0.4 is 15.9 Å². The molecule has 0 atom stereocenters. The second kappa shape index (κ2) is 10.7. The Balaban J connectivity index is 1.67. The number of aryl methyl sites for hydroxylation is 1. The van der Waals surface area contributed by atoms with E-state index in [1.54, 1.807) is 23.8 Å². The maximum atomic E-state index is 13.4. The third kappa shape index (κ3) is 5.19.